The maximum atomic E-state index is 9.17. The summed E-state index contributed by atoms with van der Waals surface area (Å²) in [5.41, 5.74) is 1.51. The number of ether oxygens (including phenoxy) is 2. The Morgan fingerprint density at radius 2 is 2.15 bits per heavy atom. The lowest BCUT2D eigenvalue weighted by molar-refractivity contribution is -0.153. The highest BCUT2D eigenvalue weighted by Crippen LogP contribution is 2.43. The first-order valence-electron chi connectivity index (χ1n) is 7.35. The van der Waals surface area contributed by atoms with Gasteiger partial charge in [0.1, 0.15) is 11.9 Å². The molecule has 2 N–H and O–H groups in total. The number of hydrogen-bond donors (Lipinski definition) is 2. The number of benzene rings is 1. The molecule has 0 bridgehead atoms. The molecule has 4 nitrogen and oxygen atoms in total. The fourth-order valence-electron chi connectivity index (χ4n) is 3.15. The van der Waals surface area contributed by atoms with Gasteiger partial charge in [-0.3, -0.25) is 0 Å². The van der Waals surface area contributed by atoms with Gasteiger partial charge in [-0.25, -0.2) is 0 Å². The summed E-state index contributed by atoms with van der Waals surface area (Å²) >= 11 is 0. The van der Waals surface area contributed by atoms with Crippen molar-refractivity contribution >= 4 is 12.6 Å². The van der Waals surface area contributed by atoms with Gasteiger partial charge >= 0.3 is 7.12 Å². The van der Waals surface area contributed by atoms with Crippen LogP contribution in [0.5, 0.6) is 5.75 Å². The van der Waals surface area contributed by atoms with Crippen molar-refractivity contribution in [3.8, 4) is 5.75 Å². The van der Waals surface area contributed by atoms with Gasteiger partial charge in [0.05, 0.1) is 12.2 Å². The van der Waals surface area contributed by atoms with Gasteiger partial charge in [-0.05, 0) is 43.3 Å². The molecule has 1 heterocycles. The molecular weight excluding hydrogens is 255 g/mol. The molecule has 108 valence electrons. The Bertz CT molecular complexity index is 485. The average Bonchev–Trinajstić information content (AvgIpc) is 2.39. The van der Waals surface area contributed by atoms with E-state index >= 15 is 0 Å². The minimum absolute atomic E-state index is 0.0814. The van der Waals surface area contributed by atoms with Crippen molar-refractivity contribution in [2.75, 3.05) is 6.61 Å². The number of hydrogen-bond acceptors (Lipinski definition) is 4. The Kier molecular flexibility index (Phi) is 3.75. The van der Waals surface area contributed by atoms with Crippen molar-refractivity contribution in [1.82, 2.24) is 0 Å². The highest BCUT2D eigenvalue weighted by Gasteiger charge is 2.43. The number of aryl methyl sites for hydroxylation is 1. The Balaban J connectivity index is 1.68. The Morgan fingerprint density at radius 3 is 2.75 bits per heavy atom. The second-order valence-corrected chi connectivity index (χ2v) is 6.02. The molecule has 2 fully saturated rings. The lowest BCUT2D eigenvalue weighted by Gasteiger charge is -2.47. The van der Waals surface area contributed by atoms with Crippen LogP contribution in [0.25, 0.3) is 0 Å². The van der Waals surface area contributed by atoms with Gasteiger partial charge in [0.2, 0.25) is 0 Å². The van der Waals surface area contributed by atoms with E-state index in [-0.39, 0.29) is 11.7 Å². The third-order valence-electron chi connectivity index (χ3n) is 4.50. The van der Waals surface area contributed by atoms with Crippen LogP contribution in [0, 0.1) is 6.92 Å². The fourth-order valence-corrected chi connectivity index (χ4v) is 3.15. The van der Waals surface area contributed by atoms with Gasteiger partial charge in [0.15, 0.2) is 0 Å². The summed E-state index contributed by atoms with van der Waals surface area (Å²) in [5, 5.41) is 18.3. The molecule has 5 heteroatoms. The summed E-state index contributed by atoms with van der Waals surface area (Å²) in [6.07, 6.45) is 5.66. The van der Waals surface area contributed by atoms with Crippen LogP contribution in [0.4, 0.5) is 0 Å². The van der Waals surface area contributed by atoms with Crippen LogP contribution < -0.4 is 10.2 Å². The largest absolute Gasteiger partial charge is 0.490 e. The molecule has 1 spiro atoms. The monoisotopic (exact) mass is 276 g/mol. The standard InChI is InChI=1S/C15H21BO4/c1-11-9-12(16(17)18)3-4-14(11)20-13-5-8-19-15(10-13)6-2-7-15/h3-4,9,13,17-18H,2,5-8,10H2,1H3. The molecule has 0 radical (unpaired) electrons. The second-order valence-electron chi connectivity index (χ2n) is 6.02. The van der Waals surface area contributed by atoms with Crippen LogP contribution in [0.3, 0.4) is 0 Å². The Labute approximate surface area is 119 Å². The van der Waals surface area contributed by atoms with E-state index in [0.717, 1.165) is 43.6 Å². The predicted octanol–water partition coefficient (Wildman–Crippen LogP) is 1.16. The van der Waals surface area contributed by atoms with Crippen molar-refractivity contribution in [3.63, 3.8) is 0 Å². The highest BCUT2D eigenvalue weighted by atomic mass is 16.5. The van der Waals surface area contributed by atoms with E-state index < -0.39 is 7.12 Å². The van der Waals surface area contributed by atoms with E-state index in [4.69, 9.17) is 19.5 Å². The molecule has 0 amide bonds. The van der Waals surface area contributed by atoms with E-state index in [2.05, 4.69) is 0 Å². The predicted molar refractivity (Wildman–Crippen MR) is 77.2 cm³/mol. The zero-order valence-corrected chi connectivity index (χ0v) is 11.8. The molecule has 3 rings (SSSR count). The van der Waals surface area contributed by atoms with Gasteiger partial charge < -0.3 is 19.5 Å². The van der Waals surface area contributed by atoms with Gasteiger partial charge in [-0.15, -0.1) is 0 Å². The third-order valence-corrected chi connectivity index (χ3v) is 4.50. The second kappa shape index (κ2) is 5.39. The van der Waals surface area contributed by atoms with Crippen molar-refractivity contribution in [1.29, 1.82) is 0 Å². The molecule has 1 aromatic carbocycles. The molecule has 0 aromatic heterocycles. The summed E-state index contributed by atoms with van der Waals surface area (Å²) in [6.45, 7) is 2.71. The lowest BCUT2D eigenvalue weighted by atomic mass is 9.74. The van der Waals surface area contributed by atoms with Crippen LogP contribution in [-0.4, -0.2) is 35.5 Å². The first kappa shape index (κ1) is 13.9. The minimum atomic E-state index is -1.43. The summed E-state index contributed by atoms with van der Waals surface area (Å²) in [7, 11) is -1.43. The summed E-state index contributed by atoms with van der Waals surface area (Å²) < 4.78 is 12.0. The molecule has 1 aliphatic heterocycles. The highest BCUT2D eigenvalue weighted by molar-refractivity contribution is 6.58. The fraction of sp³-hybridized carbons (Fsp3) is 0.600. The van der Waals surface area contributed by atoms with E-state index in [9.17, 15) is 0 Å². The maximum absolute atomic E-state index is 9.17. The van der Waals surface area contributed by atoms with Gasteiger partial charge in [0, 0.05) is 12.8 Å². The maximum Gasteiger partial charge on any atom is 0.488 e. The lowest BCUT2D eigenvalue weighted by Crippen LogP contribution is -2.48. The first-order valence-corrected chi connectivity index (χ1v) is 7.35. The van der Waals surface area contributed by atoms with Crippen LogP contribution in [0.1, 0.15) is 37.7 Å². The van der Waals surface area contributed by atoms with E-state index in [1.165, 1.54) is 6.42 Å². The van der Waals surface area contributed by atoms with Crippen LogP contribution >= 0.6 is 0 Å². The Hall–Kier alpha value is -1.04. The molecule has 1 aromatic rings. The molecule has 1 atom stereocenters. The molecule has 2 aliphatic rings. The third kappa shape index (κ3) is 2.71. The van der Waals surface area contributed by atoms with E-state index in [1.54, 1.807) is 12.1 Å². The average molecular weight is 276 g/mol. The van der Waals surface area contributed by atoms with Gasteiger partial charge in [-0.2, -0.15) is 0 Å². The molecule has 1 unspecified atom stereocenters. The molecule has 1 saturated carbocycles. The topological polar surface area (TPSA) is 58.9 Å². The van der Waals surface area contributed by atoms with Crippen molar-refractivity contribution in [2.45, 2.75) is 50.7 Å². The van der Waals surface area contributed by atoms with Crippen LogP contribution in [0.15, 0.2) is 18.2 Å². The molecule has 1 aliphatic carbocycles. The summed E-state index contributed by atoms with van der Waals surface area (Å²) in [4.78, 5) is 0. The van der Waals surface area contributed by atoms with Gasteiger partial charge in [0.25, 0.3) is 0 Å². The minimum Gasteiger partial charge on any atom is -0.490 e. The molecular formula is C15H21BO4. The van der Waals surface area contributed by atoms with Crippen molar-refractivity contribution in [2.24, 2.45) is 0 Å². The molecule has 1 saturated heterocycles. The first-order chi connectivity index (χ1) is 9.58. The van der Waals surface area contributed by atoms with Crippen LogP contribution in [0.2, 0.25) is 0 Å². The van der Waals surface area contributed by atoms with Crippen LogP contribution in [-0.2, 0) is 4.74 Å². The van der Waals surface area contributed by atoms with Gasteiger partial charge in [-0.1, -0.05) is 12.1 Å². The summed E-state index contributed by atoms with van der Waals surface area (Å²) in [5.74, 6) is 0.829. The zero-order chi connectivity index (χ0) is 14.2. The SMILES string of the molecule is Cc1cc(B(O)O)ccc1OC1CCOC2(CCC2)C1. The van der Waals surface area contributed by atoms with E-state index in [0.29, 0.717) is 5.46 Å². The zero-order valence-electron chi connectivity index (χ0n) is 11.8. The molecule has 20 heavy (non-hydrogen) atoms. The quantitative estimate of drug-likeness (QED) is 0.813. The van der Waals surface area contributed by atoms with Crippen molar-refractivity contribution < 1.29 is 19.5 Å². The smallest absolute Gasteiger partial charge is 0.488 e. The van der Waals surface area contributed by atoms with Crippen molar-refractivity contribution in [3.05, 3.63) is 23.8 Å². The van der Waals surface area contributed by atoms with E-state index in [1.807, 2.05) is 13.0 Å². The summed E-state index contributed by atoms with van der Waals surface area (Å²) in [6, 6.07) is 5.29. The number of rotatable bonds is 3. The normalized spacial score (nSPS) is 24.2. The Morgan fingerprint density at radius 1 is 1.35 bits per heavy atom.